The second-order valence-electron chi connectivity index (χ2n) is 4.07. The molecule has 0 aliphatic carbocycles. The number of ether oxygens (including phenoxy) is 1. The summed E-state index contributed by atoms with van der Waals surface area (Å²) >= 11 is 1.31. The zero-order valence-corrected chi connectivity index (χ0v) is 10.6. The second kappa shape index (κ2) is 4.67. The molecule has 1 aromatic heterocycles. The van der Waals surface area contributed by atoms with Crippen molar-refractivity contribution in [3.05, 3.63) is 6.20 Å². The fraction of sp³-hybridized carbons (Fsp3) is 0.400. The van der Waals surface area contributed by atoms with E-state index in [4.69, 9.17) is 10.5 Å². The maximum atomic E-state index is 11.7. The van der Waals surface area contributed by atoms with Gasteiger partial charge in [-0.15, -0.1) is 0 Å². The molecule has 2 amide bonds. The monoisotopic (exact) mass is 281 g/mol. The molecule has 3 rings (SSSR count). The van der Waals surface area contributed by atoms with Gasteiger partial charge in [0, 0.05) is 6.54 Å². The number of thioether (sulfide) groups is 1. The minimum absolute atomic E-state index is 0.132. The molecule has 0 bridgehead atoms. The Hall–Kier alpha value is -1.87. The van der Waals surface area contributed by atoms with Crippen LogP contribution in [0.1, 0.15) is 0 Å². The number of anilines is 2. The Balaban J connectivity index is 1.88. The van der Waals surface area contributed by atoms with Gasteiger partial charge in [0.1, 0.15) is 11.1 Å². The molecule has 9 heteroatoms. The summed E-state index contributed by atoms with van der Waals surface area (Å²) in [5.41, 5.74) is 5.47. The third-order valence-corrected chi connectivity index (χ3v) is 3.72. The Morgan fingerprint density at radius 1 is 1.58 bits per heavy atom. The number of hydrogen-bond donors (Lipinski definition) is 2. The van der Waals surface area contributed by atoms with Crippen LogP contribution >= 0.6 is 11.8 Å². The number of rotatable bonds is 2. The van der Waals surface area contributed by atoms with Gasteiger partial charge in [-0.2, -0.15) is 0 Å². The van der Waals surface area contributed by atoms with Gasteiger partial charge in [0.25, 0.3) is 0 Å². The number of carbonyl (C=O) groups excluding carboxylic acids is 2. The van der Waals surface area contributed by atoms with E-state index in [0.29, 0.717) is 29.0 Å². The van der Waals surface area contributed by atoms with Gasteiger partial charge in [-0.25, -0.2) is 14.8 Å². The maximum Gasteiger partial charge on any atom is 0.416 e. The molecule has 0 spiro atoms. The molecule has 1 atom stereocenters. The lowest BCUT2D eigenvalue weighted by atomic mass is 10.3. The predicted octanol–water partition coefficient (Wildman–Crippen LogP) is -0.195. The lowest BCUT2D eigenvalue weighted by Crippen LogP contribution is -2.29. The molecular weight excluding hydrogens is 270 g/mol. The summed E-state index contributed by atoms with van der Waals surface area (Å²) in [7, 11) is 0. The van der Waals surface area contributed by atoms with Crippen molar-refractivity contribution in [1.82, 2.24) is 9.97 Å². The second-order valence-corrected chi connectivity index (χ2v) is 5.03. The first-order chi connectivity index (χ1) is 9.17. The normalized spacial score (nSPS) is 21.9. The number of hydrogen-bond acceptors (Lipinski definition) is 7. The highest BCUT2D eigenvalue weighted by molar-refractivity contribution is 8.00. The van der Waals surface area contributed by atoms with Crippen LogP contribution in [0.5, 0.6) is 0 Å². The van der Waals surface area contributed by atoms with Crippen LogP contribution in [0, 0.1) is 0 Å². The van der Waals surface area contributed by atoms with E-state index >= 15 is 0 Å². The number of amides is 2. The van der Waals surface area contributed by atoms with Crippen LogP contribution in [-0.2, 0) is 9.53 Å². The summed E-state index contributed by atoms with van der Waals surface area (Å²) in [6.07, 6.45) is 0.650. The molecule has 100 valence electrons. The van der Waals surface area contributed by atoms with Crippen LogP contribution in [0.4, 0.5) is 16.4 Å². The third kappa shape index (κ3) is 2.22. The lowest BCUT2D eigenvalue weighted by Gasteiger charge is -2.17. The van der Waals surface area contributed by atoms with Crippen molar-refractivity contribution < 1.29 is 14.3 Å². The molecule has 2 aliphatic heterocycles. The Morgan fingerprint density at radius 2 is 2.42 bits per heavy atom. The molecule has 8 nitrogen and oxygen atoms in total. The Labute approximate surface area is 112 Å². The largest absolute Gasteiger partial charge is 0.443 e. The number of cyclic esters (lactones) is 1. The van der Waals surface area contributed by atoms with Gasteiger partial charge < -0.3 is 15.8 Å². The quantitative estimate of drug-likeness (QED) is 0.772. The Bertz CT molecular complexity index is 552. The maximum absolute atomic E-state index is 11.7. The van der Waals surface area contributed by atoms with Crippen molar-refractivity contribution in [3.63, 3.8) is 0 Å². The molecule has 3 heterocycles. The van der Waals surface area contributed by atoms with E-state index in [1.165, 1.54) is 22.9 Å². The number of carbonyl (C=O) groups is 2. The fourth-order valence-electron chi connectivity index (χ4n) is 1.82. The molecule has 1 aromatic rings. The highest BCUT2D eigenvalue weighted by atomic mass is 32.2. The highest BCUT2D eigenvalue weighted by Gasteiger charge is 2.33. The van der Waals surface area contributed by atoms with Crippen LogP contribution in [-0.4, -0.2) is 46.9 Å². The van der Waals surface area contributed by atoms with Crippen LogP contribution in [0.3, 0.4) is 0 Å². The average Bonchev–Trinajstić information content (AvgIpc) is 2.79. The van der Waals surface area contributed by atoms with Crippen molar-refractivity contribution in [2.24, 2.45) is 5.73 Å². The van der Waals surface area contributed by atoms with E-state index < -0.39 is 6.09 Å². The molecule has 0 aromatic carbocycles. The van der Waals surface area contributed by atoms with Crippen LogP contribution in [0.15, 0.2) is 11.2 Å². The zero-order chi connectivity index (χ0) is 13.4. The van der Waals surface area contributed by atoms with Crippen LogP contribution in [0.25, 0.3) is 0 Å². The van der Waals surface area contributed by atoms with Gasteiger partial charge in [-0.3, -0.25) is 9.69 Å². The van der Waals surface area contributed by atoms with Gasteiger partial charge in [0.15, 0.2) is 11.6 Å². The summed E-state index contributed by atoms with van der Waals surface area (Å²) in [6.45, 7) is 0.594. The van der Waals surface area contributed by atoms with E-state index in [1.54, 1.807) is 0 Å². The summed E-state index contributed by atoms with van der Waals surface area (Å²) < 4.78 is 5.04. The van der Waals surface area contributed by atoms with Gasteiger partial charge in [-0.05, 0) is 0 Å². The fourth-order valence-corrected chi connectivity index (χ4v) is 2.52. The summed E-state index contributed by atoms with van der Waals surface area (Å²) in [5.74, 6) is 0.917. The highest BCUT2D eigenvalue weighted by Crippen LogP contribution is 2.30. The summed E-state index contributed by atoms with van der Waals surface area (Å²) in [4.78, 5) is 32.7. The van der Waals surface area contributed by atoms with E-state index in [0.717, 1.165) is 0 Å². The van der Waals surface area contributed by atoms with Crippen LogP contribution in [0.2, 0.25) is 0 Å². The first kappa shape index (κ1) is 12.2. The molecule has 0 radical (unpaired) electrons. The van der Waals surface area contributed by atoms with Gasteiger partial charge in [-0.1, -0.05) is 11.8 Å². The molecule has 19 heavy (non-hydrogen) atoms. The van der Waals surface area contributed by atoms with Gasteiger partial charge in [0.05, 0.1) is 18.5 Å². The van der Waals surface area contributed by atoms with E-state index in [2.05, 4.69) is 15.3 Å². The van der Waals surface area contributed by atoms with Crippen molar-refractivity contribution in [3.8, 4) is 0 Å². The topological polar surface area (TPSA) is 110 Å². The predicted molar refractivity (Wildman–Crippen MR) is 68.1 cm³/mol. The van der Waals surface area contributed by atoms with Gasteiger partial charge in [0.2, 0.25) is 5.91 Å². The molecule has 1 unspecified atom stereocenters. The third-order valence-electron chi connectivity index (χ3n) is 2.74. The van der Waals surface area contributed by atoms with E-state index in [1.807, 2.05) is 0 Å². The van der Waals surface area contributed by atoms with E-state index in [9.17, 15) is 9.59 Å². The number of aromatic nitrogens is 2. The Morgan fingerprint density at radius 3 is 3.16 bits per heavy atom. The van der Waals surface area contributed by atoms with Gasteiger partial charge >= 0.3 is 6.09 Å². The Kier molecular flexibility index (Phi) is 2.99. The number of nitrogens with one attached hydrogen (secondary N) is 1. The summed E-state index contributed by atoms with van der Waals surface area (Å²) in [6, 6.07) is 0. The molecular formula is C10H11N5O3S. The molecule has 1 saturated heterocycles. The van der Waals surface area contributed by atoms with Crippen molar-refractivity contribution >= 4 is 35.4 Å². The standard InChI is InChI=1S/C10H11N5O3S/c11-1-5-3-15(10(17)18-5)6-2-12-9-8(13-6)14-7(16)4-19-9/h2,5H,1,3-4,11H2,(H,13,14,16). The SMILES string of the molecule is NCC1CN(c2cnc3c(n2)NC(=O)CS3)C(=O)O1. The average molecular weight is 281 g/mol. The van der Waals surface area contributed by atoms with Crippen molar-refractivity contribution in [2.75, 3.05) is 29.1 Å². The number of fused-ring (bicyclic) bond motifs is 1. The minimum atomic E-state index is -0.500. The molecule has 2 aliphatic rings. The first-order valence-corrected chi connectivity index (χ1v) is 6.64. The van der Waals surface area contributed by atoms with Crippen molar-refractivity contribution in [2.45, 2.75) is 11.1 Å². The van der Waals surface area contributed by atoms with Crippen molar-refractivity contribution in [1.29, 1.82) is 0 Å². The van der Waals surface area contributed by atoms with Crippen LogP contribution < -0.4 is 16.0 Å². The minimum Gasteiger partial charge on any atom is -0.443 e. The summed E-state index contributed by atoms with van der Waals surface area (Å²) in [5, 5.41) is 3.27. The molecule has 3 N–H and O–H groups in total. The first-order valence-electron chi connectivity index (χ1n) is 5.65. The lowest BCUT2D eigenvalue weighted by molar-refractivity contribution is -0.113. The molecule has 0 saturated carbocycles. The number of nitrogens with two attached hydrogens (primary N) is 1. The number of nitrogens with zero attached hydrogens (tertiary/aromatic N) is 3. The smallest absolute Gasteiger partial charge is 0.416 e. The molecule has 1 fully saturated rings. The zero-order valence-electron chi connectivity index (χ0n) is 9.83. The van der Waals surface area contributed by atoms with E-state index in [-0.39, 0.29) is 18.6 Å².